The summed E-state index contributed by atoms with van der Waals surface area (Å²) in [5, 5.41) is 20.0. The Balaban J connectivity index is 2.06. The van der Waals surface area contributed by atoms with Gasteiger partial charge in [0.25, 0.3) is 7.82 Å². The van der Waals surface area contributed by atoms with Crippen LogP contribution in [0.15, 0.2) is 17.1 Å². The molecule has 20 heteroatoms. The Hall–Kier alpha value is -0.610. The van der Waals surface area contributed by atoms with Crippen molar-refractivity contribution in [2.24, 2.45) is 0 Å². The molecule has 0 radical (unpaired) electrons. The van der Waals surface area contributed by atoms with Crippen molar-refractivity contribution in [3.05, 3.63) is 27.4 Å². The average molecular weight is 497 g/mol. The van der Waals surface area contributed by atoms with Crippen LogP contribution >= 0.6 is 35.7 Å². The van der Waals surface area contributed by atoms with Crippen molar-refractivity contribution in [1.29, 1.82) is 0 Å². The topological polar surface area (TPSA) is 256 Å². The molecule has 166 valence electrons. The van der Waals surface area contributed by atoms with Gasteiger partial charge >= 0.3 is 13.5 Å². The van der Waals surface area contributed by atoms with E-state index in [4.69, 9.17) is 17.0 Å². The summed E-state index contributed by atoms with van der Waals surface area (Å²) in [7, 11) is -17.8. The van der Waals surface area contributed by atoms with Crippen LogP contribution < -0.4 is 20.4 Å². The molecule has 2 rings (SSSR count). The third-order valence-corrected chi connectivity index (χ3v) is 7.21. The third kappa shape index (κ3) is 6.95. The minimum absolute atomic E-state index is 0.0718. The zero-order chi connectivity index (χ0) is 22.2. The fourth-order valence-corrected chi connectivity index (χ4v) is 5.23. The number of phosphoric ester groups is 1. The Morgan fingerprint density at radius 3 is 2.38 bits per heavy atom. The highest BCUT2D eigenvalue weighted by molar-refractivity contribution is 7.71. The number of hydrogen-bond acceptors (Lipinski definition) is 14. The van der Waals surface area contributed by atoms with Crippen molar-refractivity contribution < 1.29 is 61.4 Å². The van der Waals surface area contributed by atoms with E-state index in [-0.39, 0.29) is 4.64 Å². The highest BCUT2D eigenvalue weighted by atomic mass is 32.1. The first-order valence-corrected chi connectivity index (χ1v) is 12.0. The molecule has 0 amide bonds. The van der Waals surface area contributed by atoms with Crippen LogP contribution in [-0.4, -0.2) is 49.6 Å². The summed E-state index contributed by atoms with van der Waals surface area (Å²) >= 11 is 4.74. The van der Waals surface area contributed by atoms with Crippen molar-refractivity contribution in [2.75, 3.05) is 6.61 Å². The van der Waals surface area contributed by atoms with E-state index in [9.17, 15) is 48.3 Å². The van der Waals surface area contributed by atoms with E-state index < -0.39 is 60.3 Å². The van der Waals surface area contributed by atoms with Gasteiger partial charge in [-0.25, -0.2) is 13.7 Å². The van der Waals surface area contributed by atoms with E-state index >= 15 is 0 Å². The number of aromatic nitrogens is 2. The molecule has 0 saturated carbocycles. The normalized spacial score (nSPS) is 29.3. The Bertz CT molecular complexity index is 1000. The van der Waals surface area contributed by atoms with E-state index in [1.807, 2.05) is 0 Å². The van der Waals surface area contributed by atoms with E-state index in [1.54, 1.807) is 0 Å². The van der Waals surface area contributed by atoms with Crippen LogP contribution in [0.5, 0.6) is 0 Å². The van der Waals surface area contributed by atoms with Gasteiger partial charge in [-0.15, -0.1) is 0 Å². The molecule has 6 atom stereocenters. The van der Waals surface area contributed by atoms with Gasteiger partial charge in [-0.05, 0) is 6.07 Å². The Morgan fingerprint density at radius 1 is 1.21 bits per heavy atom. The van der Waals surface area contributed by atoms with E-state index in [0.717, 1.165) is 10.8 Å². The number of H-pyrrole nitrogens is 1. The lowest BCUT2D eigenvalue weighted by molar-refractivity contribution is -0.339. The lowest BCUT2D eigenvalue weighted by atomic mass is 10.1. The molecule has 1 aromatic heterocycles. The second kappa shape index (κ2) is 8.86. The monoisotopic (exact) mass is 497 g/mol. The summed E-state index contributed by atoms with van der Waals surface area (Å²) in [6.07, 6.45) is -5.39. The molecule has 1 aromatic rings. The van der Waals surface area contributed by atoms with Crippen molar-refractivity contribution in [3.8, 4) is 0 Å². The zero-order valence-electron chi connectivity index (χ0n) is 13.7. The van der Waals surface area contributed by atoms with E-state index in [2.05, 4.69) is 18.1 Å². The summed E-state index contributed by atoms with van der Waals surface area (Å²) in [6.45, 7) is -1.06. The van der Waals surface area contributed by atoms with Gasteiger partial charge in [-0.2, -0.15) is 0 Å². The molecule has 1 aliphatic heterocycles. The molecule has 1 aliphatic rings. The maximum atomic E-state index is 11.9. The predicted octanol–water partition coefficient (Wildman–Crippen LogP) is -3.03. The molecule has 1 saturated heterocycles. The lowest BCUT2D eigenvalue weighted by Gasteiger charge is -2.35. The van der Waals surface area contributed by atoms with Crippen LogP contribution in [-0.2, 0) is 31.6 Å². The SMILES string of the molecule is O=c1[nH]c(=S)ccn1C1OC(COP(=O)(O)OP(=O)([O-])OP(=O)([O-])[O-])C(O)C1O. The number of aromatic amines is 1. The number of nitrogens with one attached hydrogen (secondary N) is 1. The fourth-order valence-electron chi connectivity index (χ4n) is 2.18. The second-order valence-corrected chi connectivity index (χ2v) is 10.1. The first-order chi connectivity index (χ1) is 13.1. The van der Waals surface area contributed by atoms with Gasteiger partial charge < -0.3 is 39.1 Å². The van der Waals surface area contributed by atoms with E-state index in [0.29, 0.717) is 0 Å². The van der Waals surface area contributed by atoms with Crippen molar-refractivity contribution >= 4 is 35.7 Å². The molecule has 0 aliphatic carbocycles. The molecule has 0 bridgehead atoms. The zero-order valence-corrected chi connectivity index (χ0v) is 17.2. The Kier molecular flexibility index (Phi) is 7.54. The highest BCUT2D eigenvalue weighted by Crippen LogP contribution is 2.62. The lowest BCUT2D eigenvalue weighted by Crippen LogP contribution is -2.36. The molecular weight excluding hydrogens is 485 g/mol. The smallest absolute Gasteiger partial charge is 0.478 e. The molecule has 29 heavy (non-hydrogen) atoms. The first-order valence-electron chi connectivity index (χ1n) is 7.16. The summed E-state index contributed by atoms with van der Waals surface area (Å²) < 4.78 is 49.8. The summed E-state index contributed by atoms with van der Waals surface area (Å²) in [5.74, 6) is 0. The maximum absolute atomic E-state index is 11.9. The van der Waals surface area contributed by atoms with Crippen LogP contribution in [0.2, 0.25) is 0 Å². The molecule has 0 spiro atoms. The molecule has 1 fully saturated rings. The molecule has 4 N–H and O–H groups in total. The third-order valence-electron chi connectivity index (χ3n) is 3.27. The van der Waals surface area contributed by atoms with Gasteiger partial charge in [0, 0.05) is 6.20 Å². The quantitative estimate of drug-likeness (QED) is 0.206. The number of aliphatic hydroxyl groups is 2. The Morgan fingerprint density at radius 2 is 1.83 bits per heavy atom. The summed E-state index contributed by atoms with van der Waals surface area (Å²) in [4.78, 5) is 55.0. The van der Waals surface area contributed by atoms with Crippen molar-refractivity contribution in [1.82, 2.24) is 9.55 Å². The van der Waals surface area contributed by atoms with Crippen molar-refractivity contribution in [2.45, 2.75) is 24.5 Å². The highest BCUT2D eigenvalue weighted by Gasteiger charge is 2.45. The molecule has 0 aromatic carbocycles. The van der Waals surface area contributed by atoms with Gasteiger partial charge in [-0.1, -0.05) is 12.2 Å². The number of aliphatic hydroxyl groups excluding tert-OH is 2. The largest absolute Gasteiger partial charge is 0.790 e. The van der Waals surface area contributed by atoms with E-state index in [1.165, 1.54) is 6.07 Å². The molecule has 2 heterocycles. The predicted molar refractivity (Wildman–Crippen MR) is 85.0 cm³/mol. The van der Waals surface area contributed by atoms with Gasteiger partial charge in [0.05, 0.1) is 14.4 Å². The van der Waals surface area contributed by atoms with Crippen LogP contribution in [0.1, 0.15) is 6.23 Å². The minimum atomic E-state index is -6.11. The first kappa shape index (κ1) is 24.7. The molecular formula is C9H12N2O14P3S-3. The summed E-state index contributed by atoms with van der Waals surface area (Å²) in [5.41, 5.74) is -0.810. The second-order valence-electron chi connectivity index (χ2n) is 5.39. The Labute approximate surface area is 165 Å². The number of nitrogens with zero attached hydrogens (tertiary/aromatic N) is 1. The number of ether oxygens (including phenoxy) is 1. The maximum Gasteiger partial charge on any atom is 0.478 e. The van der Waals surface area contributed by atoms with Crippen LogP contribution in [0, 0.1) is 4.64 Å². The van der Waals surface area contributed by atoms with Gasteiger partial charge in [0.1, 0.15) is 23.0 Å². The van der Waals surface area contributed by atoms with Crippen LogP contribution in [0.25, 0.3) is 0 Å². The number of hydrogen-bond donors (Lipinski definition) is 4. The van der Waals surface area contributed by atoms with Crippen LogP contribution in [0.3, 0.4) is 0 Å². The standard InChI is InChI=1S/C9H15N2O14P3S/c12-6-4(3-22-27(18,19)25-28(20,21)24-26(15,16)17)23-8(7(6)13)11-2-1-5(29)10-9(11)14/h1-2,4,6-8,12-13H,3H2,(H,18,19)(H,20,21)(H,10,14,29)(H2,15,16,17)/p-3. The van der Waals surface area contributed by atoms with Crippen molar-refractivity contribution in [3.63, 3.8) is 0 Å². The van der Waals surface area contributed by atoms with Gasteiger partial charge in [0.15, 0.2) is 6.23 Å². The van der Waals surface area contributed by atoms with Gasteiger partial charge in [-0.3, -0.25) is 23.0 Å². The average Bonchev–Trinajstić information content (AvgIpc) is 2.78. The van der Waals surface area contributed by atoms with Crippen LogP contribution in [0.4, 0.5) is 0 Å². The number of phosphoric acid groups is 3. The fraction of sp³-hybridized carbons (Fsp3) is 0.556. The minimum Gasteiger partial charge on any atom is -0.790 e. The van der Waals surface area contributed by atoms with Gasteiger partial charge in [0.2, 0.25) is 0 Å². The molecule has 6 unspecified atom stereocenters. The summed E-state index contributed by atoms with van der Waals surface area (Å²) in [6, 6.07) is 1.27. The molecule has 16 nitrogen and oxygen atoms in total. The number of rotatable bonds is 8.